The van der Waals surface area contributed by atoms with Gasteiger partial charge in [-0.05, 0) is 83.5 Å². The van der Waals surface area contributed by atoms with E-state index in [1.807, 2.05) is 21.1 Å². The lowest BCUT2D eigenvalue weighted by Gasteiger charge is -2.28. The van der Waals surface area contributed by atoms with E-state index in [9.17, 15) is 19.0 Å². The highest BCUT2D eigenvalue weighted by molar-refractivity contribution is 7.45. The number of nitrogens with zero attached hydrogens (tertiary/aromatic N) is 1. The summed E-state index contributed by atoms with van der Waals surface area (Å²) in [6.45, 7) is 4.10. The fraction of sp³-hybridized carbons (Fsp3) is 0.750. The molecule has 2 unspecified atom stereocenters. The molecule has 0 radical (unpaired) electrons. The van der Waals surface area contributed by atoms with Gasteiger partial charge < -0.3 is 27.9 Å². The summed E-state index contributed by atoms with van der Waals surface area (Å²) >= 11 is 0. The first-order valence-corrected chi connectivity index (χ1v) is 28.1. The summed E-state index contributed by atoms with van der Waals surface area (Å²) in [6.07, 6.45) is 60.7. The van der Waals surface area contributed by atoms with Gasteiger partial charge in [-0.3, -0.25) is 14.2 Å². The Hall–Kier alpha value is -2.55. The number of carbonyl (C=O) groups is 2. The molecule has 0 aromatic heterocycles. The number of allylic oxidation sites excluding steroid dienone is 12. The van der Waals surface area contributed by atoms with Crippen LogP contribution in [0.4, 0.5) is 0 Å². The number of esters is 2. The van der Waals surface area contributed by atoms with Gasteiger partial charge in [0.05, 0.1) is 27.7 Å². The molecule has 0 spiro atoms. The average molecular weight is 946 g/mol. The topological polar surface area (TPSA) is 111 Å². The number of phosphoric ester groups is 1. The van der Waals surface area contributed by atoms with Gasteiger partial charge in [0.15, 0.2) is 6.10 Å². The SMILES string of the molecule is CC/C=C\C/C=C\C/C=C\C/C=C\C/C=C\CCCCCCCC(=O)OC(COC(=O)CCCCCCCCCCC/C=C\CCCCCCCCCC)COP(=O)([O-])OCC[N+](C)(C)C. The Balaban J connectivity index is 4.28. The smallest absolute Gasteiger partial charge is 0.306 e. The van der Waals surface area contributed by atoms with Gasteiger partial charge in [0.2, 0.25) is 0 Å². The number of rotatable bonds is 48. The maximum absolute atomic E-state index is 12.8. The van der Waals surface area contributed by atoms with Crippen LogP contribution in [0.5, 0.6) is 0 Å². The fourth-order valence-electron chi connectivity index (χ4n) is 7.09. The molecule has 0 saturated carbocycles. The molecule has 66 heavy (non-hydrogen) atoms. The number of hydrogen-bond acceptors (Lipinski definition) is 8. The number of quaternary nitrogens is 1. The Morgan fingerprint density at radius 3 is 1.30 bits per heavy atom. The van der Waals surface area contributed by atoms with Gasteiger partial charge in [-0.1, -0.05) is 196 Å². The van der Waals surface area contributed by atoms with Gasteiger partial charge in [0.25, 0.3) is 7.82 Å². The maximum Gasteiger partial charge on any atom is 0.306 e. The number of phosphoric acid groups is 1. The van der Waals surface area contributed by atoms with Gasteiger partial charge in [-0.2, -0.15) is 0 Å². The fourth-order valence-corrected chi connectivity index (χ4v) is 7.82. The molecule has 0 bridgehead atoms. The first-order chi connectivity index (χ1) is 32.0. The number of ether oxygens (including phenoxy) is 2. The Labute approximate surface area is 406 Å². The third-order valence-electron chi connectivity index (χ3n) is 11.2. The molecule has 0 aromatic carbocycles. The van der Waals surface area contributed by atoms with Crippen molar-refractivity contribution in [3.63, 3.8) is 0 Å². The predicted molar refractivity (Wildman–Crippen MR) is 277 cm³/mol. The van der Waals surface area contributed by atoms with Crippen LogP contribution in [0, 0.1) is 0 Å². The molecule has 0 aromatic rings. The van der Waals surface area contributed by atoms with Crippen molar-refractivity contribution in [1.29, 1.82) is 0 Å². The highest BCUT2D eigenvalue weighted by atomic mass is 31.2. The lowest BCUT2D eigenvalue weighted by molar-refractivity contribution is -0.870. The number of hydrogen-bond donors (Lipinski definition) is 0. The van der Waals surface area contributed by atoms with Gasteiger partial charge in [-0.15, -0.1) is 0 Å². The van der Waals surface area contributed by atoms with Gasteiger partial charge in [-0.25, -0.2) is 0 Å². The van der Waals surface area contributed by atoms with Crippen LogP contribution in [0.25, 0.3) is 0 Å². The van der Waals surface area contributed by atoms with E-state index in [2.05, 4.69) is 86.8 Å². The third-order valence-corrected chi connectivity index (χ3v) is 12.2. The predicted octanol–water partition coefficient (Wildman–Crippen LogP) is 15.5. The van der Waals surface area contributed by atoms with Gasteiger partial charge >= 0.3 is 11.9 Å². The summed E-state index contributed by atoms with van der Waals surface area (Å²) in [6, 6.07) is 0. The molecule has 0 aliphatic carbocycles. The van der Waals surface area contributed by atoms with Crippen LogP contribution in [-0.4, -0.2) is 70.0 Å². The molecule has 0 aliphatic heterocycles. The highest BCUT2D eigenvalue weighted by Gasteiger charge is 2.21. The standard InChI is InChI=1S/C56H100NO8P/c1-6-8-10-12-14-16-18-20-22-24-26-28-30-32-34-36-38-40-42-44-46-48-55(58)62-52-54(53-64-66(60,61)63-51-50-57(3,4)5)65-56(59)49-47-45-43-41-39-37-35-33-31-29-27-25-23-21-19-17-15-13-11-9-7-2/h9,11,15,17,21,23-24,26-27,29,33,35,54H,6-8,10,12-14,16,18-20,22,25,28,30-32,34,36-53H2,1-5H3/b11-9-,17-15-,23-21-,26-24-,29-27-,35-33-. The second-order valence-electron chi connectivity index (χ2n) is 18.9. The Morgan fingerprint density at radius 1 is 0.485 bits per heavy atom. The molecule has 0 aliphatic rings. The molecule has 382 valence electrons. The normalized spacial score (nSPS) is 14.0. The van der Waals surface area contributed by atoms with Crippen molar-refractivity contribution >= 4 is 19.8 Å². The molecular formula is C56H100NO8P. The Kier molecular flexibility index (Phi) is 45.7. The van der Waals surface area contributed by atoms with E-state index in [-0.39, 0.29) is 26.1 Å². The van der Waals surface area contributed by atoms with Crippen molar-refractivity contribution in [2.24, 2.45) is 0 Å². The highest BCUT2D eigenvalue weighted by Crippen LogP contribution is 2.38. The van der Waals surface area contributed by atoms with Crippen LogP contribution < -0.4 is 4.89 Å². The maximum atomic E-state index is 12.8. The molecule has 9 nitrogen and oxygen atoms in total. The quantitative estimate of drug-likeness (QED) is 0.0195. The third kappa shape index (κ3) is 50.9. The monoisotopic (exact) mass is 946 g/mol. The van der Waals surface area contributed by atoms with E-state index in [1.54, 1.807) is 0 Å². The van der Waals surface area contributed by atoms with Gasteiger partial charge in [0, 0.05) is 12.8 Å². The van der Waals surface area contributed by atoms with Crippen molar-refractivity contribution in [3.8, 4) is 0 Å². The van der Waals surface area contributed by atoms with E-state index in [0.717, 1.165) is 83.5 Å². The molecule has 0 heterocycles. The summed E-state index contributed by atoms with van der Waals surface area (Å²) in [4.78, 5) is 37.8. The van der Waals surface area contributed by atoms with Crippen LogP contribution in [0.2, 0.25) is 0 Å². The van der Waals surface area contributed by atoms with Crippen LogP contribution in [-0.2, 0) is 32.7 Å². The molecule has 0 fully saturated rings. The van der Waals surface area contributed by atoms with E-state index in [4.69, 9.17) is 18.5 Å². The summed E-state index contributed by atoms with van der Waals surface area (Å²) < 4.78 is 34.1. The molecule has 0 saturated heterocycles. The lowest BCUT2D eigenvalue weighted by Crippen LogP contribution is -2.37. The summed E-state index contributed by atoms with van der Waals surface area (Å²) in [5, 5.41) is 0. The minimum absolute atomic E-state index is 0.0383. The Morgan fingerprint density at radius 2 is 0.864 bits per heavy atom. The van der Waals surface area contributed by atoms with E-state index < -0.39 is 32.5 Å². The van der Waals surface area contributed by atoms with Crippen molar-refractivity contribution in [1.82, 2.24) is 0 Å². The molecule has 0 N–H and O–H groups in total. The Bertz CT molecular complexity index is 1350. The number of unbranched alkanes of at least 4 members (excludes halogenated alkanes) is 22. The number of carbonyl (C=O) groups excluding carboxylic acids is 2. The second-order valence-corrected chi connectivity index (χ2v) is 20.3. The minimum atomic E-state index is -4.64. The van der Waals surface area contributed by atoms with Crippen LogP contribution >= 0.6 is 7.82 Å². The van der Waals surface area contributed by atoms with E-state index in [1.165, 1.54) is 103 Å². The molecular weight excluding hydrogens is 846 g/mol. The van der Waals surface area contributed by atoms with Crippen molar-refractivity contribution in [2.45, 2.75) is 225 Å². The summed E-state index contributed by atoms with van der Waals surface area (Å²) in [5.74, 6) is -0.858. The minimum Gasteiger partial charge on any atom is -0.756 e. The van der Waals surface area contributed by atoms with Crippen molar-refractivity contribution in [3.05, 3.63) is 72.9 Å². The first-order valence-electron chi connectivity index (χ1n) is 26.6. The van der Waals surface area contributed by atoms with Gasteiger partial charge in [0.1, 0.15) is 19.8 Å². The summed E-state index contributed by atoms with van der Waals surface area (Å²) in [7, 11) is 1.14. The zero-order valence-electron chi connectivity index (χ0n) is 43.1. The zero-order chi connectivity index (χ0) is 48.5. The van der Waals surface area contributed by atoms with Crippen molar-refractivity contribution < 1.29 is 42.1 Å². The van der Waals surface area contributed by atoms with E-state index >= 15 is 0 Å². The average Bonchev–Trinajstić information content (AvgIpc) is 3.27. The van der Waals surface area contributed by atoms with Crippen LogP contribution in [0.1, 0.15) is 219 Å². The van der Waals surface area contributed by atoms with Crippen LogP contribution in [0.3, 0.4) is 0 Å². The van der Waals surface area contributed by atoms with E-state index in [0.29, 0.717) is 17.4 Å². The van der Waals surface area contributed by atoms with Crippen molar-refractivity contribution in [2.75, 3.05) is 47.5 Å². The molecule has 0 amide bonds. The number of likely N-dealkylation sites (N-methyl/N-ethyl adjacent to an activating group) is 1. The molecule has 2 atom stereocenters. The first kappa shape index (κ1) is 63.5. The zero-order valence-corrected chi connectivity index (χ0v) is 44.0. The molecule has 10 heteroatoms. The second kappa shape index (κ2) is 47.5. The van der Waals surface area contributed by atoms with Crippen LogP contribution in [0.15, 0.2) is 72.9 Å². The lowest BCUT2D eigenvalue weighted by atomic mass is 10.1. The largest absolute Gasteiger partial charge is 0.756 e. The molecule has 0 rings (SSSR count). The summed E-state index contributed by atoms with van der Waals surface area (Å²) in [5.41, 5.74) is 0.